The van der Waals surface area contributed by atoms with E-state index in [-0.39, 0.29) is 28.1 Å². The molecular formula is C23H42N4O6Si2. The van der Waals surface area contributed by atoms with Crippen LogP contribution in [0.1, 0.15) is 54.2 Å². The molecule has 0 spiro atoms. The molecule has 1 aliphatic heterocycles. The molecule has 198 valence electrons. The van der Waals surface area contributed by atoms with Crippen LogP contribution < -0.4 is 11.3 Å². The molecule has 0 unspecified atom stereocenters. The minimum atomic E-state index is -2.16. The lowest BCUT2D eigenvalue weighted by atomic mass is 10.2. The van der Waals surface area contributed by atoms with Gasteiger partial charge in [0.25, 0.3) is 5.56 Å². The van der Waals surface area contributed by atoms with Crippen molar-refractivity contribution in [3.05, 3.63) is 22.7 Å². The maximum Gasteiger partial charge on any atom is 0.277 e. The van der Waals surface area contributed by atoms with Gasteiger partial charge in [-0.15, -0.1) is 0 Å². The molecule has 1 saturated heterocycles. The fourth-order valence-corrected chi connectivity index (χ4v) is 4.32. The summed E-state index contributed by atoms with van der Waals surface area (Å²) in [7, 11) is -4.26. The average Bonchev–Trinajstić information content (AvgIpc) is 3.28. The summed E-state index contributed by atoms with van der Waals surface area (Å²) in [5.41, 5.74) is 6.44. The molecule has 0 aliphatic carbocycles. The number of aromatic nitrogens is 3. The Bertz CT molecular complexity index is 1090. The van der Waals surface area contributed by atoms with Crippen LogP contribution >= 0.6 is 0 Å². The second-order valence-electron chi connectivity index (χ2n) is 12.4. The highest BCUT2D eigenvalue weighted by Gasteiger charge is 2.44. The molecule has 10 nitrogen and oxygen atoms in total. The lowest BCUT2D eigenvalue weighted by Crippen LogP contribution is -2.44. The standard InChI is InChI=1S/C23H42N4O6Si2/c1-22(2,3)34(7,8)32-29-13-17-16(31-33-35(9,10)23(4,5)6)12-19(30-17)27-14-25-20-15(27)11-18(24)26-21(20)28/h11,14,16-17,19H,12-13H2,1-10H3,(H3,24,26,28)/t16-,17+,19+/m0/s1. The van der Waals surface area contributed by atoms with Crippen LogP contribution in [0.2, 0.25) is 36.3 Å². The Hall–Kier alpha value is -1.55. The fraction of sp³-hybridized carbons (Fsp3) is 0.739. The van der Waals surface area contributed by atoms with Gasteiger partial charge in [-0.05, 0) is 36.3 Å². The zero-order valence-corrected chi connectivity index (χ0v) is 24.7. The number of nitrogens with zero attached hydrogens (tertiary/aromatic N) is 2. The molecule has 2 aromatic rings. The highest BCUT2D eigenvalue weighted by Crippen LogP contribution is 2.40. The van der Waals surface area contributed by atoms with E-state index >= 15 is 0 Å². The molecule has 3 atom stereocenters. The Morgan fingerprint density at radius 1 is 1.11 bits per heavy atom. The Balaban J connectivity index is 1.80. The lowest BCUT2D eigenvalue weighted by molar-refractivity contribution is -0.290. The number of H-pyrrole nitrogens is 1. The normalized spacial score (nSPS) is 22.3. The number of pyridine rings is 1. The molecule has 1 fully saturated rings. The molecule has 0 radical (unpaired) electrons. The number of nitrogens with two attached hydrogens (primary N) is 1. The number of nitrogens with one attached hydrogen (secondary N) is 1. The third-order valence-electron chi connectivity index (χ3n) is 7.58. The smallest absolute Gasteiger partial charge is 0.277 e. The highest BCUT2D eigenvalue weighted by atomic mass is 28.4. The van der Waals surface area contributed by atoms with Crippen molar-refractivity contribution in [1.29, 1.82) is 0 Å². The van der Waals surface area contributed by atoms with Crippen molar-refractivity contribution in [1.82, 2.24) is 14.5 Å². The second kappa shape index (κ2) is 9.73. The van der Waals surface area contributed by atoms with E-state index in [0.29, 0.717) is 17.5 Å². The summed E-state index contributed by atoms with van der Waals surface area (Å²) in [5.74, 6) is 0.263. The van der Waals surface area contributed by atoms with Crippen LogP contribution in [0.5, 0.6) is 0 Å². The van der Waals surface area contributed by atoms with Crippen molar-refractivity contribution in [3.63, 3.8) is 0 Å². The van der Waals surface area contributed by atoms with Gasteiger partial charge in [-0.25, -0.2) is 14.8 Å². The Morgan fingerprint density at radius 3 is 2.31 bits per heavy atom. The van der Waals surface area contributed by atoms with Crippen LogP contribution in [0.3, 0.4) is 0 Å². The predicted molar refractivity (Wildman–Crippen MR) is 141 cm³/mol. The van der Waals surface area contributed by atoms with Gasteiger partial charge in [-0.3, -0.25) is 13.9 Å². The molecule has 12 heteroatoms. The third kappa shape index (κ3) is 6.06. The number of anilines is 1. The predicted octanol–water partition coefficient (Wildman–Crippen LogP) is 4.87. The van der Waals surface area contributed by atoms with E-state index in [4.69, 9.17) is 29.4 Å². The van der Waals surface area contributed by atoms with Crippen LogP contribution in [0.15, 0.2) is 17.2 Å². The van der Waals surface area contributed by atoms with E-state index in [1.165, 1.54) is 0 Å². The average molecular weight is 527 g/mol. The van der Waals surface area contributed by atoms with E-state index in [0.717, 1.165) is 0 Å². The summed E-state index contributed by atoms with van der Waals surface area (Å²) >= 11 is 0. The first kappa shape index (κ1) is 28.0. The van der Waals surface area contributed by atoms with Crippen LogP contribution in [0.4, 0.5) is 5.82 Å². The maximum absolute atomic E-state index is 12.3. The van der Waals surface area contributed by atoms with Gasteiger partial charge >= 0.3 is 0 Å². The van der Waals surface area contributed by atoms with Crippen molar-refractivity contribution in [2.45, 2.75) is 103 Å². The molecule has 0 aromatic carbocycles. The van der Waals surface area contributed by atoms with Crippen LogP contribution in [-0.2, 0) is 23.7 Å². The molecule has 0 saturated carbocycles. The number of hydrogen-bond donors (Lipinski definition) is 2. The van der Waals surface area contributed by atoms with Gasteiger partial charge in [0.15, 0.2) is 5.52 Å². The van der Waals surface area contributed by atoms with Gasteiger partial charge in [0, 0.05) is 12.5 Å². The van der Waals surface area contributed by atoms with Gasteiger partial charge in [0.2, 0.25) is 16.6 Å². The largest absolute Gasteiger partial charge is 0.385 e. The monoisotopic (exact) mass is 526 g/mol. The van der Waals surface area contributed by atoms with E-state index < -0.39 is 35.1 Å². The van der Waals surface area contributed by atoms with E-state index in [2.05, 4.69) is 77.7 Å². The molecule has 3 N–H and O–H groups in total. The zero-order valence-electron chi connectivity index (χ0n) is 22.7. The molecule has 0 amide bonds. The first-order valence-corrected chi connectivity index (χ1v) is 17.9. The van der Waals surface area contributed by atoms with Gasteiger partial charge < -0.3 is 20.0 Å². The molecule has 2 aromatic heterocycles. The van der Waals surface area contributed by atoms with Crippen molar-refractivity contribution in [3.8, 4) is 0 Å². The summed E-state index contributed by atoms with van der Waals surface area (Å²) in [6.07, 6.45) is 0.808. The number of imidazole rings is 1. The van der Waals surface area contributed by atoms with Gasteiger partial charge in [0.05, 0.1) is 11.8 Å². The number of ether oxygens (including phenoxy) is 1. The minimum Gasteiger partial charge on any atom is -0.385 e. The van der Waals surface area contributed by atoms with E-state index in [9.17, 15) is 4.79 Å². The first-order valence-electron chi connectivity index (χ1n) is 12.1. The van der Waals surface area contributed by atoms with Crippen molar-refractivity contribution < 1.29 is 23.7 Å². The van der Waals surface area contributed by atoms with Gasteiger partial charge in [-0.2, -0.15) is 0 Å². The van der Waals surface area contributed by atoms with E-state index in [1.54, 1.807) is 17.0 Å². The Labute approximate surface area is 209 Å². The van der Waals surface area contributed by atoms with Gasteiger partial charge in [-0.1, -0.05) is 41.5 Å². The zero-order chi connectivity index (χ0) is 26.4. The number of hydrogen-bond acceptors (Lipinski definition) is 8. The van der Waals surface area contributed by atoms with Gasteiger partial charge in [0.1, 0.15) is 30.9 Å². The minimum absolute atomic E-state index is 0.0100. The lowest BCUT2D eigenvalue weighted by Gasteiger charge is -2.36. The molecule has 0 bridgehead atoms. The second-order valence-corrected chi connectivity index (χ2v) is 21.8. The fourth-order valence-electron chi connectivity index (χ4n) is 3.09. The molecular weight excluding hydrogens is 484 g/mol. The summed E-state index contributed by atoms with van der Waals surface area (Å²) in [6.45, 7) is 21.6. The molecule has 3 heterocycles. The van der Waals surface area contributed by atoms with Crippen molar-refractivity contribution in [2.24, 2.45) is 0 Å². The maximum atomic E-state index is 12.3. The summed E-state index contributed by atoms with van der Waals surface area (Å²) < 4.78 is 20.1. The van der Waals surface area contributed by atoms with E-state index in [1.807, 2.05) is 0 Å². The van der Waals surface area contributed by atoms with Crippen molar-refractivity contribution in [2.75, 3.05) is 12.3 Å². The summed E-state index contributed by atoms with van der Waals surface area (Å²) in [5, 5.41) is -0.00146. The van der Waals surface area contributed by atoms with Crippen molar-refractivity contribution >= 4 is 33.5 Å². The Morgan fingerprint density at radius 2 is 1.71 bits per heavy atom. The van der Waals surface area contributed by atoms with Crippen LogP contribution in [0, 0.1) is 0 Å². The SMILES string of the molecule is CC(C)(C)[Si](C)(C)OOC[C@H]1O[C@@H](n2cnc3c(=O)[nH]c(N)cc32)C[C@@H]1OO[Si](C)(C)C(C)(C)C. The van der Waals surface area contributed by atoms with Crippen LogP contribution in [-0.4, -0.2) is 50.0 Å². The molecule has 1 aliphatic rings. The number of rotatable bonds is 8. The number of nitrogen functional groups attached to an aromatic ring is 1. The highest BCUT2D eigenvalue weighted by molar-refractivity contribution is 6.74. The number of aromatic amines is 1. The molecule has 3 rings (SSSR count). The number of fused-ring (bicyclic) bond motifs is 1. The third-order valence-corrected chi connectivity index (χ3v) is 15.9. The topological polar surface area (TPSA) is 123 Å². The summed E-state index contributed by atoms with van der Waals surface area (Å²) in [4.78, 5) is 30.9. The molecule has 35 heavy (non-hydrogen) atoms. The quantitative estimate of drug-likeness (QED) is 0.284. The van der Waals surface area contributed by atoms with Crippen LogP contribution in [0.25, 0.3) is 11.0 Å². The Kier molecular flexibility index (Phi) is 7.79. The first-order chi connectivity index (χ1) is 15.9. The summed E-state index contributed by atoms with van der Waals surface area (Å²) in [6, 6.07) is 1.68.